The number of aromatic nitrogens is 1. The van der Waals surface area contributed by atoms with Crippen molar-refractivity contribution in [3.63, 3.8) is 0 Å². The summed E-state index contributed by atoms with van der Waals surface area (Å²) in [6.45, 7) is 1.46. The highest BCUT2D eigenvalue weighted by atomic mass is 32.1. The lowest BCUT2D eigenvalue weighted by molar-refractivity contribution is -0.152. The first-order valence-corrected chi connectivity index (χ1v) is 9.62. The molecule has 1 N–H and O–H groups in total. The highest BCUT2D eigenvalue weighted by Gasteiger charge is 2.20. The van der Waals surface area contributed by atoms with Crippen molar-refractivity contribution in [3.05, 3.63) is 57.6 Å². The molecule has 0 saturated heterocycles. The molecule has 0 fully saturated rings. The first-order valence-electron chi connectivity index (χ1n) is 7.86. The Morgan fingerprint density at radius 1 is 1.22 bits per heavy atom. The van der Waals surface area contributed by atoms with Crippen molar-refractivity contribution in [2.75, 3.05) is 5.32 Å². The Balaban J connectivity index is 1.58. The molecule has 1 amide bonds. The van der Waals surface area contributed by atoms with E-state index in [2.05, 4.69) is 10.3 Å². The number of nitrogens with zero attached hydrogens (tertiary/aromatic N) is 1. The van der Waals surface area contributed by atoms with Gasteiger partial charge in [-0.15, -0.1) is 22.7 Å². The van der Waals surface area contributed by atoms with Gasteiger partial charge in [0.25, 0.3) is 5.91 Å². The summed E-state index contributed by atoms with van der Waals surface area (Å²) in [5.74, 6) is -2.94. The molecule has 0 spiro atoms. The zero-order valence-corrected chi connectivity index (χ0v) is 15.7. The van der Waals surface area contributed by atoms with E-state index in [0.717, 1.165) is 28.3 Å². The number of ether oxygens (including phenoxy) is 1. The molecule has 0 bridgehead atoms. The Morgan fingerprint density at radius 3 is 2.74 bits per heavy atom. The van der Waals surface area contributed by atoms with Crippen LogP contribution in [0.25, 0.3) is 11.3 Å². The van der Waals surface area contributed by atoms with Crippen LogP contribution in [-0.2, 0) is 20.7 Å². The van der Waals surface area contributed by atoms with E-state index in [4.69, 9.17) is 4.74 Å². The van der Waals surface area contributed by atoms with Gasteiger partial charge in [-0.25, -0.2) is 13.8 Å². The van der Waals surface area contributed by atoms with Crippen molar-refractivity contribution in [1.82, 2.24) is 4.98 Å². The molecule has 140 valence electrons. The third-order valence-electron chi connectivity index (χ3n) is 3.53. The minimum Gasteiger partial charge on any atom is -0.452 e. The summed E-state index contributed by atoms with van der Waals surface area (Å²) in [6.07, 6.45) is -0.889. The SMILES string of the molecule is C[C@H](OC(=O)Cc1cccs1)C(=O)Nc1nc(-c2ccc(F)c(F)c2)cs1. The fourth-order valence-corrected chi connectivity index (χ4v) is 3.59. The lowest BCUT2D eigenvalue weighted by Crippen LogP contribution is -2.30. The molecule has 0 aliphatic rings. The largest absolute Gasteiger partial charge is 0.452 e. The van der Waals surface area contributed by atoms with Crippen molar-refractivity contribution in [2.45, 2.75) is 19.4 Å². The number of halogens is 2. The number of anilines is 1. The number of carbonyl (C=O) groups is 2. The predicted octanol–water partition coefficient (Wildman–Crippen LogP) is 4.26. The number of hydrogen-bond acceptors (Lipinski definition) is 6. The van der Waals surface area contributed by atoms with Crippen LogP contribution in [0.1, 0.15) is 11.8 Å². The Bertz CT molecular complexity index is 957. The Morgan fingerprint density at radius 2 is 2.04 bits per heavy atom. The second kappa shape index (κ2) is 8.36. The molecule has 0 saturated carbocycles. The van der Waals surface area contributed by atoms with Crippen LogP contribution in [0.2, 0.25) is 0 Å². The number of rotatable bonds is 6. The first kappa shape index (κ1) is 19.1. The average Bonchev–Trinajstić information content (AvgIpc) is 3.29. The minimum atomic E-state index is -0.993. The molecule has 5 nitrogen and oxygen atoms in total. The van der Waals surface area contributed by atoms with Crippen LogP contribution in [0.4, 0.5) is 13.9 Å². The first-order chi connectivity index (χ1) is 12.9. The summed E-state index contributed by atoms with van der Waals surface area (Å²) in [7, 11) is 0. The molecule has 0 aliphatic heterocycles. The van der Waals surface area contributed by atoms with E-state index in [9.17, 15) is 18.4 Å². The van der Waals surface area contributed by atoms with Crippen molar-refractivity contribution in [3.8, 4) is 11.3 Å². The molecule has 1 aromatic carbocycles. The summed E-state index contributed by atoms with van der Waals surface area (Å²) in [6, 6.07) is 7.08. The summed E-state index contributed by atoms with van der Waals surface area (Å²) >= 11 is 2.56. The molecule has 0 radical (unpaired) electrons. The number of nitrogens with one attached hydrogen (secondary N) is 1. The summed E-state index contributed by atoms with van der Waals surface area (Å²) in [5, 5.41) is 6.27. The number of thiophene rings is 1. The van der Waals surface area contributed by atoms with Gasteiger partial charge in [0.15, 0.2) is 22.9 Å². The summed E-state index contributed by atoms with van der Waals surface area (Å²) < 4.78 is 31.5. The number of carbonyl (C=O) groups excluding carboxylic acids is 2. The molecular weight excluding hydrogens is 394 g/mol. The van der Waals surface area contributed by atoms with Gasteiger partial charge in [-0.2, -0.15) is 0 Å². The Kier molecular flexibility index (Phi) is 5.92. The number of amides is 1. The molecule has 0 unspecified atom stereocenters. The van der Waals surface area contributed by atoms with Crippen molar-refractivity contribution >= 4 is 39.7 Å². The Hall–Kier alpha value is -2.65. The second-order valence-electron chi connectivity index (χ2n) is 5.54. The van der Waals surface area contributed by atoms with Crippen LogP contribution in [0.15, 0.2) is 41.1 Å². The summed E-state index contributed by atoms with van der Waals surface area (Å²) in [4.78, 5) is 29.0. The average molecular weight is 408 g/mol. The van der Waals surface area contributed by atoms with Gasteiger partial charge in [0.1, 0.15) is 0 Å². The molecule has 1 atom stereocenters. The monoisotopic (exact) mass is 408 g/mol. The van der Waals surface area contributed by atoms with Crippen molar-refractivity contribution < 1.29 is 23.1 Å². The van der Waals surface area contributed by atoms with Gasteiger partial charge >= 0.3 is 5.97 Å². The van der Waals surface area contributed by atoms with E-state index < -0.39 is 29.6 Å². The molecule has 2 aromatic heterocycles. The molecular formula is C18H14F2N2O3S2. The zero-order chi connectivity index (χ0) is 19.4. The number of hydrogen-bond donors (Lipinski definition) is 1. The van der Waals surface area contributed by atoms with Crippen LogP contribution in [0, 0.1) is 11.6 Å². The topological polar surface area (TPSA) is 68.3 Å². The maximum absolute atomic E-state index is 13.3. The molecule has 9 heteroatoms. The van der Waals surface area contributed by atoms with E-state index >= 15 is 0 Å². The van der Waals surface area contributed by atoms with Gasteiger partial charge in [0.05, 0.1) is 12.1 Å². The van der Waals surface area contributed by atoms with Crippen LogP contribution in [0.5, 0.6) is 0 Å². The molecule has 3 aromatic rings. The third-order valence-corrected chi connectivity index (χ3v) is 5.16. The molecule has 27 heavy (non-hydrogen) atoms. The highest BCUT2D eigenvalue weighted by Crippen LogP contribution is 2.26. The van der Waals surface area contributed by atoms with Gasteiger partial charge in [0.2, 0.25) is 0 Å². The van der Waals surface area contributed by atoms with Gasteiger partial charge in [-0.05, 0) is 36.6 Å². The van der Waals surface area contributed by atoms with E-state index in [-0.39, 0.29) is 11.6 Å². The Labute approximate surface area is 161 Å². The molecule has 0 aliphatic carbocycles. The maximum atomic E-state index is 13.3. The van der Waals surface area contributed by atoms with Gasteiger partial charge in [0, 0.05) is 15.8 Å². The van der Waals surface area contributed by atoms with Gasteiger partial charge in [-0.3, -0.25) is 14.9 Å². The number of thiazole rings is 1. The van der Waals surface area contributed by atoms with E-state index in [1.165, 1.54) is 24.3 Å². The zero-order valence-electron chi connectivity index (χ0n) is 14.1. The lowest BCUT2D eigenvalue weighted by atomic mass is 10.2. The lowest BCUT2D eigenvalue weighted by Gasteiger charge is -2.11. The predicted molar refractivity (Wildman–Crippen MR) is 99.7 cm³/mol. The van der Waals surface area contributed by atoms with Crippen LogP contribution >= 0.6 is 22.7 Å². The smallest absolute Gasteiger partial charge is 0.311 e. The molecule has 3 rings (SSSR count). The number of benzene rings is 1. The van der Waals surface area contributed by atoms with Crippen LogP contribution < -0.4 is 5.32 Å². The van der Waals surface area contributed by atoms with Crippen molar-refractivity contribution in [2.24, 2.45) is 0 Å². The van der Waals surface area contributed by atoms with E-state index in [1.54, 1.807) is 5.38 Å². The van der Waals surface area contributed by atoms with Crippen LogP contribution in [-0.4, -0.2) is 23.0 Å². The number of esters is 1. The fourth-order valence-electron chi connectivity index (χ4n) is 2.17. The highest BCUT2D eigenvalue weighted by molar-refractivity contribution is 7.14. The normalized spacial score (nSPS) is 11.8. The molecule has 2 heterocycles. The van der Waals surface area contributed by atoms with E-state index in [1.807, 2.05) is 17.5 Å². The second-order valence-corrected chi connectivity index (χ2v) is 7.43. The van der Waals surface area contributed by atoms with Crippen LogP contribution in [0.3, 0.4) is 0 Å². The quantitative estimate of drug-likeness (QED) is 0.619. The van der Waals surface area contributed by atoms with Gasteiger partial charge < -0.3 is 4.74 Å². The fraction of sp³-hybridized carbons (Fsp3) is 0.167. The van der Waals surface area contributed by atoms with Gasteiger partial charge in [-0.1, -0.05) is 6.07 Å². The van der Waals surface area contributed by atoms with E-state index in [0.29, 0.717) is 11.3 Å². The van der Waals surface area contributed by atoms with Crippen molar-refractivity contribution in [1.29, 1.82) is 0 Å². The summed E-state index contributed by atoms with van der Waals surface area (Å²) in [5.41, 5.74) is 0.789. The standard InChI is InChI=1S/C18H14F2N2O3S2/c1-10(25-16(23)8-12-3-2-6-26-12)17(24)22-18-21-15(9-27-18)11-4-5-13(19)14(20)7-11/h2-7,9-10H,8H2,1H3,(H,21,22,24)/t10-/m0/s1. The minimum absolute atomic E-state index is 0.104. The third kappa shape index (κ3) is 4.95. The maximum Gasteiger partial charge on any atom is 0.311 e.